The van der Waals surface area contributed by atoms with Crippen LogP contribution in [0.1, 0.15) is 0 Å². The summed E-state index contributed by atoms with van der Waals surface area (Å²) in [5.74, 6) is -0.460. The van der Waals surface area contributed by atoms with Gasteiger partial charge in [0.15, 0.2) is 0 Å². The highest BCUT2D eigenvalue weighted by Crippen LogP contribution is 2.20. The first-order chi connectivity index (χ1) is 11.6. The van der Waals surface area contributed by atoms with Gasteiger partial charge in [0.25, 0.3) is 0 Å². The second-order valence-corrected chi connectivity index (χ2v) is 5.90. The van der Waals surface area contributed by atoms with Crippen LogP contribution in [-0.2, 0) is 0 Å². The summed E-state index contributed by atoms with van der Waals surface area (Å²) in [5, 5.41) is 5.21. The Morgan fingerprint density at radius 2 is 1.62 bits per heavy atom. The molecule has 1 aliphatic heterocycles. The number of amides is 2. The van der Waals surface area contributed by atoms with Crippen molar-refractivity contribution in [3.63, 3.8) is 0 Å². The van der Waals surface area contributed by atoms with E-state index in [-0.39, 0.29) is 5.69 Å². The minimum Gasteiger partial charge on any atom is -0.369 e. The fourth-order valence-electron chi connectivity index (χ4n) is 2.67. The fraction of sp³-hybridized carbons (Fsp3) is 0.278. The van der Waals surface area contributed by atoms with Crippen LogP contribution in [-0.4, -0.2) is 44.2 Å². The molecule has 1 saturated heterocycles. The molecule has 2 amide bonds. The molecule has 3 rings (SSSR count). The number of rotatable bonds is 3. The summed E-state index contributed by atoms with van der Waals surface area (Å²) in [4.78, 5) is 16.6. The van der Waals surface area contributed by atoms with Gasteiger partial charge >= 0.3 is 6.03 Å². The molecule has 24 heavy (non-hydrogen) atoms. The first-order valence-corrected chi connectivity index (χ1v) is 7.98. The molecule has 0 bridgehead atoms. The molecular formula is C18H21FN4O. The number of piperazine rings is 1. The predicted molar refractivity (Wildman–Crippen MR) is 95.2 cm³/mol. The largest absolute Gasteiger partial charge is 0.369 e. The smallest absolute Gasteiger partial charge is 0.323 e. The molecule has 0 aliphatic carbocycles. The third-order valence-electron chi connectivity index (χ3n) is 4.12. The van der Waals surface area contributed by atoms with E-state index in [2.05, 4.69) is 27.5 Å². The molecule has 0 spiro atoms. The van der Waals surface area contributed by atoms with E-state index in [0.29, 0.717) is 5.69 Å². The van der Waals surface area contributed by atoms with Crippen molar-refractivity contribution in [2.45, 2.75) is 0 Å². The van der Waals surface area contributed by atoms with Crippen molar-refractivity contribution >= 4 is 23.1 Å². The van der Waals surface area contributed by atoms with Gasteiger partial charge in [0, 0.05) is 37.6 Å². The minimum atomic E-state index is -0.465. The monoisotopic (exact) mass is 328 g/mol. The standard InChI is InChI=1S/C18H21FN4O/c1-22-10-12-23(13-11-22)15-8-6-14(7-9-15)20-18(24)21-17-5-3-2-4-16(17)19/h2-9H,10-13H2,1H3,(H2,20,21,24). The maximum atomic E-state index is 13.5. The average Bonchev–Trinajstić information content (AvgIpc) is 2.58. The van der Waals surface area contributed by atoms with Crippen LogP contribution in [0.15, 0.2) is 48.5 Å². The molecule has 1 heterocycles. The van der Waals surface area contributed by atoms with Gasteiger partial charge in [-0.15, -0.1) is 0 Å². The zero-order valence-electron chi connectivity index (χ0n) is 13.6. The lowest BCUT2D eigenvalue weighted by Gasteiger charge is -2.34. The summed E-state index contributed by atoms with van der Waals surface area (Å²) in [6, 6.07) is 13.3. The molecule has 5 nitrogen and oxygen atoms in total. The van der Waals surface area contributed by atoms with Crippen molar-refractivity contribution in [1.29, 1.82) is 0 Å². The lowest BCUT2D eigenvalue weighted by atomic mass is 10.2. The third kappa shape index (κ3) is 4.02. The molecule has 126 valence electrons. The molecule has 1 fully saturated rings. The summed E-state index contributed by atoms with van der Waals surface area (Å²) < 4.78 is 13.5. The summed E-state index contributed by atoms with van der Waals surface area (Å²) >= 11 is 0. The van der Waals surface area contributed by atoms with Gasteiger partial charge in [-0.3, -0.25) is 0 Å². The Hall–Kier alpha value is -2.60. The van der Waals surface area contributed by atoms with Crippen LogP contribution in [0.2, 0.25) is 0 Å². The van der Waals surface area contributed by atoms with Crippen LogP contribution in [0.25, 0.3) is 0 Å². The Kier molecular flexibility index (Phi) is 4.96. The molecule has 2 aromatic rings. The molecule has 0 radical (unpaired) electrons. The number of nitrogens with one attached hydrogen (secondary N) is 2. The number of urea groups is 1. The quantitative estimate of drug-likeness (QED) is 0.909. The van der Waals surface area contributed by atoms with Gasteiger partial charge < -0.3 is 20.4 Å². The fourth-order valence-corrected chi connectivity index (χ4v) is 2.67. The number of carbonyl (C=O) groups is 1. The normalized spacial score (nSPS) is 15.2. The average molecular weight is 328 g/mol. The molecule has 0 saturated carbocycles. The van der Waals surface area contributed by atoms with E-state index >= 15 is 0 Å². The van der Waals surface area contributed by atoms with Crippen LogP contribution in [0.5, 0.6) is 0 Å². The van der Waals surface area contributed by atoms with Gasteiger partial charge in [-0.05, 0) is 43.4 Å². The first kappa shape index (κ1) is 16.3. The van der Waals surface area contributed by atoms with Crippen LogP contribution >= 0.6 is 0 Å². The van der Waals surface area contributed by atoms with E-state index in [4.69, 9.17) is 0 Å². The number of anilines is 3. The molecule has 2 aromatic carbocycles. The highest BCUT2D eigenvalue weighted by atomic mass is 19.1. The molecule has 0 unspecified atom stereocenters. The van der Waals surface area contributed by atoms with Crippen LogP contribution in [0, 0.1) is 5.82 Å². The maximum absolute atomic E-state index is 13.5. The van der Waals surface area contributed by atoms with Crippen molar-refractivity contribution in [1.82, 2.24) is 4.90 Å². The number of para-hydroxylation sites is 1. The van der Waals surface area contributed by atoms with Gasteiger partial charge in [-0.2, -0.15) is 0 Å². The van der Waals surface area contributed by atoms with Crippen LogP contribution < -0.4 is 15.5 Å². The predicted octanol–water partition coefficient (Wildman–Crippen LogP) is 3.22. The van der Waals surface area contributed by atoms with E-state index in [9.17, 15) is 9.18 Å². The molecule has 2 N–H and O–H groups in total. The summed E-state index contributed by atoms with van der Waals surface area (Å²) in [7, 11) is 2.12. The third-order valence-corrected chi connectivity index (χ3v) is 4.12. The first-order valence-electron chi connectivity index (χ1n) is 7.98. The Labute approximate surface area is 141 Å². The second kappa shape index (κ2) is 7.31. The van der Waals surface area contributed by atoms with Crippen molar-refractivity contribution < 1.29 is 9.18 Å². The van der Waals surface area contributed by atoms with E-state index in [1.807, 2.05) is 24.3 Å². The number of benzene rings is 2. The number of nitrogens with zero attached hydrogens (tertiary/aromatic N) is 2. The van der Waals surface area contributed by atoms with E-state index in [1.54, 1.807) is 12.1 Å². The summed E-state index contributed by atoms with van der Waals surface area (Å²) in [5.41, 5.74) is 1.97. The van der Waals surface area contributed by atoms with Crippen molar-refractivity contribution in [2.24, 2.45) is 0 Å². The lowest BCUT2D eigenvalue weighted by molar-refractivity contribution is 0.262. The van der Waals surface area contributed by atoms with Crippen molar-refractivity contribution in [2.75, 3.05) is 48.8 Å². The van der Waals surface area contributed by atoms with Gasteiger partial charge in [-0.1, -0.05) is 12.1 Å². The van der Waals surface area contributed by atoms with E-state index < -0.39 is 11.8 Å². The Morgan fingerprint density at radius 1 is 0.958 bits per heavy atom. The highest BCUT2D eigenvalue weighted by molar-refractivity contribution is 5.99. The molecule has 0 aromatic heterocycles. The van der Waals surface area contributed by atoms with Gasteiger partial charge in [0.05, 0.1) is 5.69 Å². The number of hydrogen-bond acceptors (Lipinski definition) is 3. The van der Waals surface area contributed by atoms with E-state index in [1.165, 1.54) is 12.1 Å². The Bertz CT molecular complexity index is 696. The maximum Gasteiger partial charge on any atom is 0.323 e. The summed E-state index contributed by atoms with van der Waals surface area (Å²) in [6.07, 6.45) is 0. The molecule has 6 heteroatoms. The van der Waals surface area contributed by atoms with Crippen LogP contribution in [0.4, 0.5) is 26.2 Å². The molecule has 1 aliphatic rings. The number of carbonyl (C=O) groups excluding carboxylic acids is 1. The van der Waals surface area contributed by atoms with E-state index in [0.717, 1.165) is 31.9 Å². The number of halogens is 1. The zero-order chi connectivity index (χ0) is 16.9. The lowest BCUT2D eigenvalue weighted by Crippen LogP contribution is -2.44. The zero-order valence-corrected chi connectivity index (χ0v) is 13.6. The van der Waals surface area contributed by atoms with Crippen LogP contribution in [0.3, 0.4) is 0 Å². The molecular weight excluding hydrogens is 307 g/mol. The minimum absolute atomic E-state index is 0.157. The van der Waals surface area contributed by atoms with Crippen molar-refractivity contribution in [3.05, 3.63) is 54.3 Å². The SMILES string of the molecule is CN1CCN(c2ccc(NC(=O)Nc3ccccc3F)cc2)CC1. The second-order valence-electron chi connectivity index (χ2n) is 5.90. The number of likely N-dealkylation sites (N-methyl/N-ethyl adjacent to an activating group) is 1. The van der Waals surface area contributed by atoms with Gasteiger partial charge in [0.1, 0.15) is 5.82 Å². The molecule has 0 atom stereocenters. The van der Waals surface area contributed by atoms with Gasteiger partial charge in [-0.25, -0.2) is 9.18 Å². The Balaban J connectivity index is 1.58. The number of hydrogen-bond donors (Lipinski definition) is 2. The summed E-state index contributed by atoms with van der Waals surface area (Å²) in [6.45, 7) is 4.09. The topological polar surface area (TPSA) is 47.6 Å². The van der Waals surface area contributed by atoms with Crippen molar-refractivity contribution in [3.8, 4) is 0 Å². The Morgan fingerprint density at radius 3 is 2.29 bits per heavy atom. The highest BCUT2D eigenvalue weighted by Gasteiger charge is 2.14. The van der Waals surface area contributed by atoms with Gasteiger partial charge in [0.2, 0.25) is 0 Å².